The molecule has 1 aromatic rings. The lowest BCUT2D eigenvalue weighted by atomic mass is 10.2. The molecule has 19 heavy (non-hydrogen) atoms. The normalized spacial score (nSPS) is 9.95. The van der Waals surface area contributed by atoms with E-state index in [0.29, 0.717) is 36.8 Å². The fourth-order valence-corrected chi connectivity index (χ4v) is 1.48. The van der Waals surface area contributed by atoms with Crippen LogP contribution in [0.4, 0.5) is 5.69 Å². The second-order valence-corrected chi connectivity index (χ2v) is 3.94. The minimum atomic E-state index is -0.196. The average Bonchev–Trinajstić information content (AvgIpc) is 2.41. The Balaban J connectivity index is 2.40. The molecular formula is C14H20N2O3. The zero-order valence-electron chi connectivity index (χ0n) is 11.1. The molecule has 0 aliphatic rings. The van der Waals surface area contributed by atoms with Crippen LogP contribution in [0, 0.1) is 0 Å². The van der Waals surface area contributed by atoms with E-state index in [4.69, 9.17) is 15.2 Å². The number of nitrogens with one attached hydrogen (secondary N) is 1. The van der Waals surface area contributed by atoms with Crippen molar-refractivity contribution in [3.8, 4) is 5.75 Å². The topological polar surface area (TPSA) is 73.6 Å². The Morgan fingerprint density at radius 2 is 2.21 bits per heavy atom. The molecule has 0 bridgehead atoms. The van der Waals surface area contributed by atoms with Crippen LogP contribution in [0.2, 0.25) is 0 Å². The van der Waals surface area contributed by atoms with Gasteiger partial charge in [-0.25, -0.2) is 0 Å². The lowest BCUT2D eigenvalue weighted by Gasteiger charge is -2.08. The van der Waals surface area contributed by atoms with E-state index in [1.165, 1.54) is 7.11 Å². The van der Waals surface area contributed by atoms with Crippen LogP contribution < -0.4 is 15.8 Å². The van der Waals surface area contributed by atoms with Crippen molar-refractivity contribution < 1.29 is 14.3 Å². The number of ether oxygens (including phenoxy) is 2. The van der Waals surface area contributed by atoms with Gasteiger partial charge in [-0.1, -0.05) is 6.08 Å². The van der Waals surface area contributed by atoms with Crippen LogP contribution in [0.5, 0.6) is 5.75 Å². The van der Waals surface area contributed by atoms with Gasteiger partial charge in [0.15, 0.2) is 0 Å². The molecule has 0 radical (unpaired) electrons. The summed E-state index contributed by atoms with van der Waals surface area (Å²) in [6.07, 6.45) is 2.60. The third kappa shape index (κ3) is 5.44. The van der Waals surface area contributed by atoms with Gasteiger partial charge in [0.1, 0.15) is 5.75 Å². The largest absolute Gasteiger partial charge is 0.497 e. The molecule has 104 valence electrons. The maximum atomic E-state index is 11.9. The summed E-state index contributed by atoms with van der Waals surface area (Å²) in [6, 6.07) is 4.91. The first-order valence-corrected chi connectivity index (χ1v) is 6.08. The monoisotopic (exact) mass is 264 g/mol. The van der Waals surface area contributed by atoms with Crippen molar-refractivity contribution in [3.05, 3.63) is 36.4 Å². The lowest BCUT2D eigenvalue weighted by molar-refractivity contribution is 0.0917. The number of methoxy groups -OCH3 is 1. The summed E-state index contributed by atoms with van der Waals surface area (Å²) >= 11 is 0. The predicted octanol–water partition coefficient (Wildman–Crippen LogP) is 1.60. The Hall–Kier alpha value is -2.01. The van der Waals surface area contributed by atoms with Crippen LogP contribution in [0.3, 0.4) is 0 Å². The zero-order chi connectivity index (χ0) is 14.1. The first-order valence-electron chi connectivity index (χ1n) is 6.08. The van der Waals surface area contributed by atoms with Gasteiger partial charge in [0.2, 0.25) is 0 Å². The summed E-state index contributed by atoms with van der Waals surface area (Å²) in [5, 5.41) is 2.75. The van der Waals surface area contributed by atoms with E-state index in [1.54, 1.807) is 24.3 Å². The van der Waals surface area contributed by atoms with Crippen molar-refractivity contribution in [1.82, 2.24) is 5.32 Å². The van der Waals surface area contributed by atoms with Crippen molar-refractivity contribution in [2.75, 3.05) is 32.6 Å². The molecule has 0 unspecified atom stereocenters. The van der Waals surface area contributed by atoms with Crippen molar-refractivity contribution in [2.45, 2.75) is 6.42 Å². The number of benzene rings is 1. The minimum Gasteiger partial charge on any atom is -0.497 e. The summed E-state index contributed by atoms with van der Waals surface area (Å²) in [4.78, 5) is 11.9. The summed E-state index contributed by atoms with van der Waals surface area (Å²) < 4.78 is 10.4. The predicted molar refractivity (Wildman–Crippen MR) is 75.4 cm³/mol. The van der Waals surface area contributed by atoms with E-state index in [2.05, 4.69) is 11.9 Å². The molecule has 0 fully saturated rings. The van der Waals surface area contributed by atoms with Gasteiger partial charge in [0.05, 0.1) is 20.3 Å². The standard InChI is InChI=1S/C14H20N2O3/c1-3-4-6-19-7-5-16-14(17)11-8-12(15)10-13(9-11)18-2/h3,8-10H,1,4-7,15H2,2H3,(H,16,17). The number of nitrogen functional groups attached to an aromatic ring is 1. The highest BCUT2D eigenvalue weighted by molar-refractivity contribution is 5.95. The van der Waals surface area contributed by atoms with Gasteiger partial charge in [0, 0.05) is 23.9 Å². The molecule has 1 rings (SSSR count). The molecule has 0 saturated carbocycles. The van der Waals surface area contributed by atoms with E-state index in [-0.39, 0.29) is 5.91 Å². The van der Waals surface area contributed by atoms with E-state index in [0.717, 1.165) is 6.42 Å². The fourth-order valence-electron chi connectivity index (χ4n) is 1.48. The van der Waals surface area contributed by atoms with E-state index in [9.17, 15) is 4.79 Å². The van der Waals surface area contributed by atoms with Gasteiger partial charge in [-0.15, -0.1) is 6.58 Å². The molecule has 3 N–H and O–H groups in total. The number of amides is 1. The van der Waals surface area contributed by atoms with Crippen molar-refractivity contribution in [3.63, 3.8) is 0 Å². The summed E-state index contributed by atoms with van der Waals surface area (Å²) in [6.45, 7) is 5.14. The van der Waals surface area contributed by atoms with Gasteiger partial charge in [0.25, 0.3) is 5.91 Å². The van der Waals surface area contributed by atoms with Crippen molar-refractivity contribution >= 4 is 11.6 Å². The summed E-state index contributed by atoms with van der Waals surface area (Å²) in [5.74, 6) is 0.366. The second kappa shape index (κ2) is 8.16. The second-order valence-electron chi connectivity index (χ2n) is 3.94. The number of nitrogens with two attached hydrogens (primary N) is 1. The van der Waals surface area contributed by atoms with E-state index < -0.39 is 0 Å². The first-order chi connectivity index (χ1) is 9.17. The molecule has 0 aliphatic carbocycles. The van der Waals surface area contributed by atoms with Crippen molar-refractivity contribution in [2.24, 2.45) is 0 Å². The van der Waals surface area contributed by atoms with Crippen LogP contribution in [0.1, 0.15) is 16.8 Å². The number of rotatable bonds is 8. The minimum absolute atomic E-state index is 0.196. The quantitative estimate of drug-likeness (QED) is 0.425. The lowest BCUT2D eigenvalue weighted by Crippen LogP contribution is -2.27. The van der Waals surface area contributed by atoms with Crippen LogP contribution in [-0.2, 0) is 4.74 Å². The van der Waals surface area contributed by atoms with Gasteiger partial charge < -0.3 is 20.5 Å². The van der Waals surface area contributed by atoms with Gasteiger partial charge >= 0.3 is 0 Å². The highest BCUT2D eigenvalue weighted by atomic mass is 16.5. The van der Waals surface area contributed by atoms with Crippen LogP contribution in [0.25, 0.3) is 0 Å². The molecule has 0 heterocycles. The van der Waals surface area contributed by atoms with Crippen LogP contribution in [-0.4, -0.2) is 32.8 Å². The number of anilines is 1. The summed E-state index contributed by atoms with van der Waals surface area (Å²) in [7, 11) is 1.53. The molecule has 0 atom stereocenters. The SMILES string of the molecule is C=CCCOCCNC(=O)c1cc(N)cc(OC)c1. The van der Waals surface area contributed by atoms with E-state index in [1.807, 2.05) is 0 Å². The molecule has 1 aromatic carbocycles. The molecule has 0 aliphatic heterocycles. The average molecular weight is 264 g/mol. The molecule has 5 nitrogen and oxygen atoms in total. The number of carbonyl (C=O) groups is 1. The molecule has 5 heteroatoms. The Bertz CT molecular complexity index is 433. The van der Waals surface area contributed by atoms with E-state index >= 15 is 0 Å². The zero-order valence-corrected chi connectivity index (χ0v) is 11.1. The van der Waals surface area contributed by atoms with Crippen LogP contribution >= 0.6 is 0 Å². The Morgan fingerprint density at radius 1 is 1.42 bits per heavy atom. The third-order valence-electron chi connectivity index (χ3n) is 2.43. The molecular weight excluding hydrogens is 244 g/mol. The molecule has 0 spiro atoms. The van der Waals surface area contributed by atoms with Gasteiger partial charge in [-0.05, 0) is 18.6 Å². The maximum absolute atomic E-state index is 11.9. The van der Waals surface area contributed by atoms with Crippen LogP contribution in [0.15, 0.2) is 30.9 Å². The van der Waals surface area contributed by atoms with Crippen molar-refractivity contribution in [1.29, 1.82) is 0 Å². The molecule has 0 aromatic heterocycles. The highest BCUT2D eigenvalue weighted by Crippen LogP contribution is 2.18. The first kappa shape index (κ1) is 15.0. The number of carbonyl (C=O) groups excluding carboxylic acids is 1. The Kier molecular flexibility index (Phi) is 6.46. The Labute approximate surface area is 113 Å². The Morgan fingerprint density at radius 3 is 2.89 bits per heavy atom. The van der Waals surface area contributed by atoms with Gasteiger partial charge in [-0.3, -0.25) is 4.79 Å². The maximum Gasteiger partial charge on any atom is 0.251 e. The fraction of sp³-hybridized carbons (Fsp3) is 0.357. The smallest absolute Gasteiger partial charge is 0.251 e. The summed E-state index contributed by atoms with van der Waals surface area (Å²) in [5.41, 5.74) is 6.66. The number of hydrogen-bond acceptors (Lipinski definition) is 4. The van der Waals surface area contributed by atoms with Gasteiger partial charge in [-0.2, -0.15) is 0 Å². The molecule has 0 saturated heterocycles. The molecule has 1 amide bonds. The third-order valence-corrected chi connectivity index (χ3v) is 2.43. The highest BCUT2D eigenvalue weighted by Gasteiger charge is 2.07. The number of hydrogen-bond donors (Lipinski definition) is 2.